The highest BCUT2D eigenvalue weighted by molar-refractivity contribution is 7.13. The first-order chi connectivity index (χ1) is 13.5. The van der Waals surface area contributed by atoms with E-state index < -0.39 is 11.4 Å². The number of pyridine rings is 1. The number of aromatic nitrogens is 4. The van der Waals surface area contributed by atoms with Gasteiger partial charge in [0.2, 0.25) is 0 Å². The van der Waals surface area contributed by atoms with E-state index in [0.29, 0.717) is 31.7 Å². The molecule has 3 aromatic heterocycles. The van der Waals surface area contributed by atoms with Crippen molar-refractivity contribution in [2.45, 2.75) is 38.1 Å². The number of morpholine rings is 1. The average molecular weight is 399 g/mol. The topological polar surface area (TPSA) is 104 Å². The lowest BCUT2D eigenvalue weighted by Crippen LogP contribution is -2.44. The molecule has 5 rings (SSSR count). The van der Waals surface area contributed by atoms with Crippen LogP contribution in [-0.2, 0) is 14.9 Å². The smallest absolute Gasteiger partial charge is 0.314 e. The van der Waals surface area contributed by atoms with E-state index in [4.69, 9.17) is 9.72 Å². The van der Waals surface area contributed by atoms with Gasteiger partial charge in [-0.3, -0.25) is 9.89 Å². The lowest BCUT2D eigenvalue weighted by molar-refractivity contribution is -0.139. The number of rotatable bonds is 4. The SMILES string of the molecule is Cc1cc(-c2nsc3c(C4(C(=O)O)CC4)cc(N4CCOCC4C)nc23)n[nH]1. The number of ether oxygens (including phenoxy) is 1. The van der Waals surface area contributed by atoms with Crippen LogP contribution in [0.4, 0.5) is 5.82 Å². The largest absolute Gasteiger partial charge is 0.481 e. The minimum atomic E-state index is -0.823. The van der Waals surface area contributed by atoms with E-state index in [2.05, 4.69) is 26.4 Å². The molecule has 0 bridgehead atoms. The summed E-state index contributed by atoms with van der Waals surface area (Å²) in [5, 5.41) is 17.2. The van der Waals surface area contributed by atoms with Crippen LogP contribution in [-0.4, -0.2) is 56.4 Å². The molecular formula is C19H21N5O3S. The maximum atomic E-state index is 12.1. The van der Waals surface area contributed by atoms with Gasteiger partial charge in [-0.05, 0) is 55.9 Å². The predicted octanol–water partition coefficient (Wildman–Crippen LogP) is 2.73. The van der Waals surface area contributed by atoms with Gasteiger partial charge in [0, 0.05) is 12.2 Å². The van der Waals surface area contributed by atoms with Gasteiger partial charge < -0.3 is 14.7 Å². The number of nitrogens with zero attached hydrogens (tertiary/aromatic N) is 4. The Bertz CT molecular complexity index is 1070. The van der Waals surface area contributed by atoms with Crippen molar-refractivity contribution in [1.29, 1.82) is 0 Å². The Morgan fingerprint density at radius 2 is 2.25 bits per heavy atom. The second kappa shape index (κ2) is 6.25. The van der Waals surface area contributed by atoms with E-state index in [0.717, 1.165) is 39.5 Å². The number of aliphatic carboxylic acids is 1. The molecule has 2 aliphatic rings. The molecule has 1 unspecified atom stereocenters. The van der Waals surface area contributed by atoms with E-state index in [1.165, 1.54) is 11.5 Å². The van der Waals surface area contributed by atoms with Gasteiger partial charge in [-0.25, -0.2) is 4.98 Å². The van der Waals surface area contributed by atoms with Crippen molar-refractivity contribution >= 4 is 33.5 Å². The number of aryl methyl sites for hydroxylation is 1. The maximum absolute atomic E-state index is 12.1. The van der Waals surface area contributed by atoms with Gasteiger partial charge in [0.15, 0.2) is 0 Å². The molecule has 1 saturated heterocycles. The molecule has 1 saturated carbocycles. The Morgan fingerprint density at radius 1 is 1.43 bits per heavy atom. The number of hydrogen-bond donors (Lipinski definition) is 2. The molecule has 1 atom stereocenters. The van der Waals surface area contributed by atoms with Crippen molar-refractivity contribution in [3.63, 3.8) is 0 Å². The van der Waals surface area contributed by atoms with Crippen LogP contribution < -0.4 is 4.90 Å². The Hall–Kier alpha value is -2.52. The molecule has 8 nitrogen and oxygen atoms in total. The van der Waals surface area contributed by atoms with Crippen molar-refractivity contribution in [2.24, 2.45) is 0 Å². The summed E-state index contributed by atoms with van der Waals surface area (Å²) in [6.07, 6.45) is 1.29. The van der Waals surface area contributed by atoms with E-state index >= 15 is 0 Å². The van der Waals surface area contributed by atoms with Gasteiger partial charge in [0.25, 0.3) is 0 Å². The third-order valence-electron chi connectivity index (χ3n) is 5.70. The number of carbonyl (C=O) groups is 1. The highest BCUT2D eigenvalue weighted by Crippen LogP contribution is 2.52. The Balaban J connectivity index is 1.73. The molecule has 3 aromatic rings. The van der Waals surface area contributed by atoms with Gasteiger partial charge in [-0.1, -0.05) is 0 Å². The fourth-order valence-electron chi connectivity index (χ4n) is 3.91. The van der Waals surface area contributed by atoms with Crippen LogP contribution >= 0.6 is 11.5 Å². The zero-order valence-electron chi connectivity index (χ0n) is 15.7. The first-order valence-electron chi connectivity index (χ1n) is 9.41. The number of nitrogens with one attached hydrogen (secondary N) is 1. The quantitative estimate of drug-likeness (QED) is 0.695. The van der Waals surface area contributed by atoms with Crippen molar-refractivity contribution in [2.75, 3.05) is 24.7 Å². The second-order valence-corrected chi connectivity index (χ2v) is 8.45. The standard InChI is InChI=1S/C19H21N5O3S/c1-10-7-13(22-21-10)15-16-17(28-23-15)12(19(3-4-19)18(25)26)8-14(20-16)24-5-6-27-9-11(24)2/h7-8,11H,3-6,9H2,1-2H3,(H,21,22)(H,25,26). The molecule has 2 fully saturated rings. The lowest BCUT2D eigenvalue weighted by Gasteiger charge is -2.34. The molecule has 4 heterocycles. The Labute approximate surface area is 165 Å². The van der Waals surface area contributed by atoms with Gasteiger partial charge in [-0.15, -0.1) is 0 Å². The third-order valence-corrected chi connectivity index (χ3v) is 6.57. The van der Waals surface area contributed by atoms with Crippen LogP contribution in [0.25, 0.3) is 21.6 Å². The summed E-state index contributed by atoms with van der Waals surface area (Å²) in [6, 6.07) is 4.07. The lowest BCUT2D eigenvalue weighted by atomic mass is 9.95. The van der Waals surface area contributed by atoms with Crippen LogP contribution in [0.1, 0.15) is 31.0 Å². The van der Waals surface area contributed by atoms with Crippen LogP contribution in [0.15, 0.2) is 12.1 Å². The minimum absolute atomic E-state index is 0.175. The summed E-state index contributed by atoms with van der Waals surface area (Å²) < 4.78 is 11.0. The van der Waals surface area contributed by atoms with Crippen LogP contribution in [0.2, 0.25) is 0 Å². The number of carboxylic acid groups (broad SMARTS) is 1. The molecule has 9 heteroatoms. The second-order valence-electron chi connectivity index (χ2n) is 7.68. The van der Waals surface area contributed by atoms with E-state index in [1.807, 2.05) is 19.1 Å². The van der Waals surface area contributed by atoms with E-state index in [1.54, 1.807) is 0 Å². The molecule has 0 amide bonds. The van der Waals surface area contributed by atoms with Gasteiger partial charge in [-0.2, -0.15) is 9.47 Å². The molecule has 28 heavy (non-hydrogen) atoms. The summed E-state index contributed by atoms with van der Waals surface area (Å²) in [5.41, 5.74) is 3.11. The monoisotopic (exact) mass is 399 g/mol. The zero-order chi connectivity index (χ0) is 19.5. The number of carboxylic acids is 1. The number of anilines is 1. The minimum Gasteiger partial charge on any atom is -0.481 e. The van der Waals surface area contributed by atoms with E-state index in [-0.39, 0.29) is 6.04 Å². The number of H-pyrrole nitrogens is 1. The summed E-state index contributed by atoms with van der Waals surface area (Å²) in [7, 11) is 0. The first kappa shape index (κ1) is 17.6. The summed E-state index contributed by atoms with van der Waals surface area (Å²) in [4.78, 5) is 19.2. The zero-order valence-corrected chi connectivity index (χ0v) is 16.5. The maximum Gasteiger partial charge on any atom is 0.314 e. The number of fused-ring (bicyclic) bond motifs is 1. The molecule has 1 aliphatic heterocycles. The van der Waals surface area contributed by atoms with Crippen molar-refractivity contribution in [3.05, 3.63) is 23.4 Å². The predicted molar refractivity (Wildman–Crippen MR) is 106 cm³/mol. The summed E-state index contributed by atoms with van der Waals surface area (Å²) >= 11 is 1.31. The Kier molecular flexibility index (Phi) is 3.92. The Morgan fingerprint density at radius 3 is 2.89 bits per heavy atom. The number of aromatic amines is 1. The highest BCUT2D eigenvalue weighted by Gasteiger charge is 2.53. The van der Waals surface area contributed by atoms with Gasteiger partial charge >= 0.3 is 5.97 Å². The summed E-state index contributed by atoms with van der Waals surface area (Å²) in [6.45, 7) is 6.03. The van der Waals surface area contributed by atoms with Crippen molar-refractivity contribution in [1.82, 2.24) is 19.6 Å². The molecule has 0 aromatic carbocycles. The normalized spacial score (nSPS) is 21.2. The fraction of sp³-hybridized carbons (Fsp3) is 0.474. The van der Waals surface area contributed by atoms with Crippen LogP contribution in [0.5, 0.6) is 0 Å². The van der Waals surface area contributed by atoms with Gasteiger partial charge in [0.05, 0.1) is 29.4 Å². The fourth-order valence-corrected chi connectivity index (χ4v) is 4.85. The van der Waals surface area contributed by atoms with Gasteiger partial charge in [0.1, 0.15) is 22.7 Å². The van der Waals surface area contributed by atoms with E-state index in [9.17, 15) is 9.90 Å². The molecule has 2 N–H and O–H groups in total. The molecular weight excluding hydrogens is 378 g/mol. The highest BCUT2D eigenvalue weighted by atomic mass is 32.1. The van der Waals surface area contributed by atoms with Crippen molar-refractivity contribution < 1.29 is 14.6 Å². The third kappa shape index (κ3) is 2.61. The first-order valence-corrected chi connectivity index (χ1v) is 10.2. The number of hydrogen-bond acceptors (Lipinski definition) is 7. The average Bonchev–Trinajstić information content (AvgIpc) is 3.22. The van der Waals surface area contributed by atoms with Crippen LogP contribution in [0.3, 0.4) is 0 Å². The molecule has 0 radical (unpaired) electrons. The summed E-state index contributed by atoms with van der Waals surface area (Å²) in [5.74, 6) is 0.0195. The molecule has 146 valence electrons. The molecule has 0 spiro atoms. The van der Waals surface area contributed by atoms with Crippen molar-refractivity contribution in [3.8, 4) is 11.4 Å². The molecule has 1 aliphatic carbocycles. The van der Waals surface area contributed by atoms with Crippen LogP contribution in [0, 0.1) is 6.92 Å².